The molecule has 0 bridgehead atoms. The van der Waals surface area contributed by atoms with E-state index < -0.39 is 16.8 Å². The Morgan fingerprint density at radius 1 is 1.21 bits per heavy atom. The molecule has 2 aromatic rings. The van der Waals surface area contributed by atoms with Crippen molar-refractivity contribution in [3.05, 3.63) is 86.6 Å². The lowest BCUT2D eigenvalue weighted by Gasteiger charge is -2.36. The van der Waals surface area contributed by atoms with Gasteiger partial charge in [0.1, 0.15) is 12.4 Å². The van der Waals surface area contributed by atoms with Gasteiger partial charge in [-0.3, -0.25) is 14.9 Å². The number of hydrogen-bond donors (Lipinski definition) is 1. The monoisotopic (exact) mass is 452 g/mol. The maximum absolute atomic E-state index is 13.4. The van der Waals surface area contributed by atoms with Gasteiger partial charge in [0.25, 0.3) is 5.69 Å². The van der Waals surface area contributed by atoms with Gasteiger partial charge in [0.2, 0.25) is 0 Å². The number of nitrogens with zero attached hydrogens (tertiary/aromatic N) is 1. The van der Waals surface area contributed by atoms with Gasteiger partial charge in [0.15, 0.2) is 5.78 Å². The van der Waals surface area contributed by atoms with E-state index in [2.05, 4.69) is 5.32 Å². The van der Waals surface area contributed by atoms with E-state index in [1.807, 2.05) is 6.07 Å². The van der Waals surface area contributed by atoms with E-state index in [1.54, 1.807) is 31.4 Å². The Kier molecular flexibility index (Phi) is 6.41. The summed E-state index contributed by atoms with van der Waals surface area (Å²) in [5, 5.41) is 14.4. The topological polar surface area (TPSA) is 121 Å². The zero-order valence-electron chi connectivity index (χ0n) is 18.3. The molecule has 4 rings (SSSR count). The minimum Gasteiger partial charge on any atom is -0.469 e. The van der Waals surface area contributed by atoms with Gasteiger partial charge < -0.3 is 19.2 Å². The molecule has 0 radical (unpaired) electrons. The highest BCUT2D eigenvalue weighted by Crippen LogP contribution is 2.45. The summed E-state index contributed by atoms with van der Waals surface area (Å²) < 4.78 is 15.9. The fourth-order valence-electron chi connectivity index (χ4n) is 4.45. The SMILES string of the molecule is COCCOC(=O)C1=C(C)NC2=C(C(=O)C[C@@H](c3ccco3)C2)[C@H]1c1ccc([N+](=O)[O-])cc1. The average Bonchev–Trinajstić information content (AvgIpc) is 3.33. The number of hydrogen-bond acceptors (Lipinski definition) is 8. The van der Waals surface area contributed by atoms with Gasteiger partial charge in [0.05, 0.1) is 23.4 Å². The van der Waals surface area contributed by atoms with Crippen molar-refractivity contribution in [3.63, 3.8) is 0 Å². The number of benzene rings is 1. The third-order valence-corrected chi connectivity index (χ3v) is 5.95. The molecule has 2 aliphatic rings. The number of carbonyl (C=O) groups excluding carboxylic acids is 2. The molecule has 1 aliphatic carbocycles. The summed E-state index contributed by atoms with van der Waals surface area (Å²) >= 11 is 0. The van der Waals surface area contributed by atoms with E-state index in [0.717, 1.165) is 11.5 Å². The molecule has 0 unspecified atom stereocenters. The van der Waals surface area contributed by atoms with Gasteiger partial charge in [-0.2, -0.15) is 0 Å². The number of ether oxygens (including phenoxy) is 2. The molecular formula is C24H24N2O7. The van der Waals surface area contributed by atoms with Crippen molar-refractivity contribution in [1.82, 2.24) is 5.32 Å². The van der Waals surface area contributed by atoms with Crippen LogP contribution in [0.2, 0.25) is 0 Å². The number of Topliss-reactive ketones (excluding diaryl/α,β-unsaturated/α-hetero) is 1. The molecule has 1 aromatic heterocycles. The van der Waals surface area contributed by atoms with Crippen LogP contribution in [0, 0.1) is 10.1 Å². The van der Waals surface area contributed by atoms with Gasteiger partial charge in [-0.15, -0.1) is 0 Å². The van der Waals surface area contributed by atoms with E-state index in [-0.39, 0.29) is 37.0 Å². The fraction of sp³-hybridized carbons (Fsp3) is 0.333. The lowest BCUT2D eigenvalue weighted by molar-refractivity contribution is -0.384. The molecule has 0 fully saturated rings. The predicted octanol–water partition coefficient (Wildman–Crippen LogP) is 3.74. The number of allylic oxidation sites excluding steroid dienone is 3. The molecule has 0 spiro atoms. The van der Waals surface area contributed by atoms with Crippen LogP contribution in [-0.2, 0) is 19.1 Å². The lowest BCUT2D eigenvalue weighted by atomic mass is 9.72. The van der Waals surface area contributed by atoms with Crippen LogP contribution in [0.4, 0.5) is 5.69 Å². The fourth-order valence-corrected chi connectivity index (χ4v) is 4.45. The van der Waals surface area contributed by atoms with Crippen molar-refractivity contribution in [1.29, 1.82) is 0 Å². The Morgan fingerprint density at radius 3 is 2.61 bits per heavy atom. The molecule has 0 amide bonds. The number of ketones is 1. The van der Waals surface area contributed by atoms with E-state index in [4.69, 9.17) is 13.9 Å². The summed E-state index contributed by atoms with van der Waals surface area (Å²) in [5.74, 6) is -0.743. The van der Waals surface area contributed by atoms with Gasteiger partial charge in [0, 0.05) is 54.5 Å². The molecular weight excluding hydrogens is 428 g/mol. The Bertz CT molecular complexity index is 1130. The van der Waals surface area contributed by atoms with Crippen LogP contribution in [0.3, 0.4) is 0 Å². The maximum Gasteiger partial charge on any atom is 0.336 e. The summed E-state index contributed by atoms with van der Waals surface area (Å²) in [7, 11) is 1.51. The number of nitro benzene ring substituents is 1. The van der Waals surface area contributed by atoms with Crippen LogP contribution in [0.1, 0.15) is 42.9 Å². The van der Waals surface area contributed by atoms with Gasteiger partial charge in [-0.05, 0) is 31.0 Å². The number of non-ortho nitro benzene ring substituents is 1. The second-order valence-corrected chi connectivity index (χ2v) is 8.01. The molecule has 33 heavy (non-hydrogen) atoms. The first-order valence-corrected chi connectivity index (χ1v) is 10.6. The molecule has 1 aromatic carbocycles. The summed E-state index contributed by atoms with van der Waals surface area (Å²) in [6, 6.07) is 9.55. The minimum absolute atomic E-state index is 0.0690. The molecule has 172 valence electrons. The van der Waals surface area contributed by atoms with Gasteiger partial charge in [-0.1, -0.05) is 12.1 Å². The minimum atomic E-state index is -0.692. The highest BCUT2D eigenvalue weighted by atomic mass is 16.6. The van der Waals surface area contributed by atoms with Crippen molar-refractivity contribution in [2.45, 2.75) is 31.6 Å². The van der Waals surface area contributed by atoms with E-state index in [0.29, 0.717) is 28.8 Å². The highest BCUT2D eigenvalue weighted by molar-refractivity contribution is 6.04. The molecule has 9 nitrogen and oxygen atoms in total. The standard InChI is InChI=1S/C24H24N2O7/c1-14-21(24(28)33-11-10-31-2)22(15-5-7-17(8-6-15)26(29)30)23-18(25-14)12-16(13-19(23)27)20-4-3-9-32-20/h3-9,16,22,25H,10-13H2,1-2H3/t16-,22-/m0/s1. The van der Waals surface area contributed by atoms with Crippen molar-refractivity contribution >= 4 is 17.4 Å². The van der Waals surface area contributed by atoms with Crippen molar-refractivity contribution in [2.75, 3.05) is 20.3 Å². The quantitative estimate of drug-likeness (QED) is 0.292. The number of nitrogens with one attached hydrogen (secondary N) is 1. The van der Waals surface area contributed by atoms with Crippen LogP contribution in [0.25, 0.3) is 0 Å². The van der Waals surface area contributed by atoms with E-state index in [9.17, 15) is 19.7 Å². The molecule has 0 saturated carbocycles. The van der Waals surface area contributed by atoms with Crippen molar-refractivity contribution < 1.29 is 28.4 Å². The Morgan fingerprint density at radius 2 is 1.97 bits per heavy atom. The van der Waals surface area contributed by atoms with Crippen LogP contribution in [0.15, 0.2) is 69.6 Å². The third kappa shape index (κ3) is 4.45. The van der Waals surface area contributed by atoms with E-state index >= 15 is 0 Å². The largest absolute Gasteiger partial charge is 0.469 e. The Balaban J connectivity index is 1.76. The normalized spacial score (nSPS) is 20.4. The van der Waals surface area contributed by atoms with Crippen LogP contribution < -0.4 is 5.32 Å². The molecule has 1 N–H and O–H groups in total. The molecule has 0 saturated heterocycles. The number of rotatable bonds is 7. The Labute approximate surface area is 190 Å². The maximum atomic E-state index is 13.4. The van der Waals surface area contributed by atoms with Crippen LogP contribution >= 0.6 is 0 Å². The van der Waals surface area contributed by atoms with E-state index in [1.165, 1.54) is 19.2 Å². The predicted molar refractivity (Wildman–Crippen MR) is 117 cm³/mol. The number of esters is 1. The summed E-state index contributed by atoms with van der Waals surface area (Å²) in [5.41, 5.74) is 2.63. The molecule has 1 aliphatic heterocycles. The molecule has 9 heteroatoms. The lowest BCUT2D eigenvalue weighted by Crippen LogP contribution is -2.36. The third-order valence-electron chi connectivity index (χ3n) is 5.95. The first kappa shape index (κ1) is 22.5. The highest BCUT2D eigenvalue weighted by Gasteiger charge is 2.42. The van der Waals surface area contributed by atoms with Crippen LogP contribution in [-0.4, -0.2) is 37.0 Å². The summed E-state index contributed by atoms with van der Waals surface area (Å²) in [6.45, 7) is 2.07. The zero-order chi connectivity index (χ0) is 23.5. The number of carbonyl (C=O) groups is 2. The number of dihydropyridines is 1. The first-order chi connectivity index (χ1) is 15.9. The van der Waals surface area contributed by atoms with Crippen molar-refractivity contribution in [3.8, 4) is 0 Å². The smallest absolute Gasteiger partial charge is 0.336 e. The van der Waals surface area contributed by atoms with Gasteiger partial charge >= 0.3 is 5.97 Å². The molecule has 2 heterocycles. The van der Waals surface area contributed by atoms with Gasteiger partial charge in [-0.25, -0.2) is 4.79 Å². The second-order valence-electron chi connectivity index (χ2n) is 8.01. The summed E-state index contributed by atoms with van der Waals surface area (Å²) in [4.78, 5) is 37.1. The first-order valence-electron chi connectivity index (χ1n) is 10.6. The summed E-state index contributed by atoms with van der Waals surface area (Å²) in [6.07, 6.45) is 2.36. The van der Waals surface area contributed by atoms with Crippen LogP contribution in [0.5, 0.6) is 0 Å². The number of nitro groups is 1. The van der Waals surface area contributed by atoms with Crippen molar-refractivity contribution in [2.24, 2.45) is 0 Å². The number of methoxy groups -OCH3 is 1. The zero-order valence-corrected chi connectivity index (χ0v) is 18.3. The number of furan rings is 1. The average molecular weight is 452 g/mol. The molecule has 2 atom stereocenters. The second kappa shape index (κ2) is 9.41. The Hall–Kier alpha value is -3.72.